The highest BCUT2D eigenvalue weighted by molar-refractivity contribution is 7.84. The Balaban J connectivity index is 2.76. The Kier molecular flexibility index (Phi) is 4.08. The van der Waals surface area contributed by atoms with Gasteiger partial charge in [0.2, 0.25) is 5.76 Å². The maximum absolute atomic E-state index is 11.7. The largest absolute Gasteiger partial charge is 0.475 e. The normalized spacial score (nSPS) is 14.8. The van der Waals surface area contributed by atoms with Crippen molar-refractivity contribution in [2.75, 3.05) is 0 Å². The minimum absolute atomic E-state index is 0.0709. The maximum atomic E-state index is 11.7. The van der Waals surface area contributed by atoms with Crippen LogP contribution in [0.3, 0.4) is 0 Å². The van der Waals surface area contributed by atoms with E-state index in [-0.39, 0.29) is 16.8 Å². The van der Waals surface area contributed by atoms with Crippen molar-refractivity contribution in [1.82, 2.24) is 0 Å². The fraction of sp³-hybridized carbons (Fsp3) is 0.500. The molecule has 1 aromatic heterocycles. The van der Waals surface area contributed by atoms with E-state index in [0.29, 0.717) is 5.56 Å². The summed E-state index contributed by atoms with van der Waals surface area (Å²) in [6, 6.07) is 1.56. The molecule has 0 radical (unpaired) electrons. The monoisotopic (exact) mass is 230 g/mol. The molecular formula is C10H14O4S. The molecule has 0 saturated heterocycles. The van der Waals surface area contributed by atoms with Gasteiger partial charge in [-0.15, -0.1) is 0 Å². The van der Waals surface area contributed by atoms with Crippen molar-refractivity contribution in [3.8, 4) is 0 Å². The van der Waals surface area contributed by atoms with Crippen LogP contribution in [-0.2, 0) is 16.6 Å². The fourth-order valence-corrected chi connectivity index (χ4v) is 2.31. The van der Waals surface area contributed by atoms with Crippen LogP contribution in [0.2, 0.25) is 0 Å². The predicted octanol–water partition coefficient (Wildman–Crippen LogP) is 2.02. The highest BCUT2D eigenvalue weighted by atomic mass is 32.2. The first kappa shape index (κ1) is 12.0. The fourth-order valence-electron chi connectivity index (χ4n) is 1.12. The third-order valence-corrected chi connectivity index (χ3v) is 4.09. The van der Waals surface area contributed by atoms with Gasteiger partial charge in [-0.1, -0.05) is 13.8 Å². The molecule has 1 N–H and O–H groups in total. The van der Waals surface area contributed by atoms with Crippen LogP contribution in [-0.4, -0.2) is 20.5 Å². The summed E-state index contributed by atoms with van der Waals surface area (Å²) in [5.74, 6) is -0.976. The highest BCUT2D eigenvalue weighted by Crippen LogP contribution is 2.15. The summed E-state index contributed by atoms with van der Waals surface area (Å²) in [6.07, 6.45) is 2.12. The van der Waals surface area contributed by atoms with Crippen LogP contribution in [0.1, 0.15) is 36.4 Å². The van der Waals surface area contributed by atoms with E-state index in [4.69, 9.17) is 9.52 Å². The second-order valence-corrected chi connectivity index (χ2v) is 5.18. The van der Waals surface area contributed by atoms with Crippen LogP contribution in [0.15, 0.2) is 16.7 Å². The Morgan fingerprint density at radius 1 is 1.67 bits per heavy atom. The lowest BCUT2D eigenvalue weighted by Crippen LogP contribution is -2.12. The molecule has 0 fully saturated rings. The van der Waals surface area contributed by atoms with Gasteiger partial charge in [-0.2, -0.15) is 0 Å². The third kappa shape index (κ3) is 2.92. The lowest BCUT2D eigenvalue weighted by Gasteiger charge is -2.07. The molecule has 2 unspecified atom stereocenters. The summed E-state index contributed by atoms with van der Waals surface area (Å²) in [6.45, 7) is 3.84. The zero-order valence-electron chi connectivity index (χ0n) is 8.73. The highest BCUT2D eigenvalue weighted by Gasteiger charge is 2.17. The molecular weight excluding hydrogens is 216 g/mol. The average molecular weight is 230 g/mol. The predicted molar refractivity (Wildman–Crippen MR) is 57.3 cm³/mol. The molecule has 0 bridgehead atoms. The second-order valence-electron chi connectivity index (χ2n) is 3.32. The zero-order valence-corrected chi connectivity index (χ0v) is 9.54. The minimum atomic E-state index is -1.11. The Hall–Kier alpha value is -1.10. The Bertz CT molecular complexity index is 369. The molecule has 5 heteroatoms. The van der Waals surface area contributed by atoms with E-state index in [1.165, 1.54) is 6.26 Å². The van der Waals surface area contributed by atoms with E-state index in [2.05, 4.69) is 0 Å². The van der Waals surface area contributed by atoms with Crippen LogP contribution < -0.4 is 0 Å². The first-order valence-electron chi connectivity index (χ1n) is 4.73. The van der Waals surface area contributed by atoms with Gasteiger partial charge in [0.1, 0.15) is 0 Å². The number of rotatable bonds is 5. The molecule has 0 spiro atoms. The Morgan fingerprint density at radius 3 is 2.87 bits per heavy atom. The van der Waals surface area contributed by atoms with Crippen LogP contribution >= 0.6 is 0 Å². The quantitative estimate of drug-likeness (QED) is 0.840. The molecule has 0 aliphatic carbocycles. The Morgan fingerprint density at radius 2 is 2.33 bits per heavy atom. The molecule has 0 aliphatic rings. The zero-order chi connectivity index (χ0) is 11.4. The number of carbonyl (C=O) groups is 1. The molecule has 2 atom stereocenters. The maximum Gasteiger partial charge on any atom is 0.372 e. The van der Waals surface area contributed by atoms with Crippen LogP contribution in [0.25, 0.3) is 0 Å². The molecule has 84 valence electrons. The molecule has 1 heterocycles. The minimum Gasteiger partial charge on any atom is -0.475 e. The summed E-state index contributed by atoms with van der Waals surface area (Å²) >= 11 is 0. The molecule has 15 heavy (non-hydrogen) atoms. The number of carboxylic acids is 1. The van der Waals surface area contributed by atoms with Crippen molar-refractivity contribution in [3.05, 3.63) is 23.7 Å². The van der Waals surface area contributed by atoms with Gasteiger partial charge in [-0.25, -0.2) is 4.79 Å². The SMILES string of the molecule is CCC(C)S(=O)Cc1ccoc1C(=O)O. The summed E-state index contributed by atoms with van der Waals surface area (Å²) in [4.78, 5) is 10.7. The van der Waals surface area contributed by atoms with E-state index >= 15 is 0 Å². The lowest BCUT2D eigenvalue weighted by molar-refractivity contribution is 0.0661. The van der Waals surface area contributed by atoms with Gasteiger partial charge in [-0.3, -0.25) is 4.21 Å². The van der Waals surface area contributed by atoms with Crippen molar-refractivity contribution in [2.45, 2.75) is 31.3 Å². The number of hydrogen-bond donors (Lipinski definition) is 1. The molecule has 1 aromatic rings. The summed E-state index contributed by atoms with van der Waals surface area (Å²) < 4.78 is 16.5. The van der Waals surface area contributed by atoms with Crippen molar-refractivity contribution in [2.24, 2.45) is 0 Å². The van der Waals surface area contributed by atoms with Gasteiger partial charge in [0.15, 0.2) is 0 Å². The topological polar surface area (TPSA) is 67.5 Å². The lowest BCUT2D eigenvalue weighted by atomic mass is 10.3. The van der Waals surface area contributed by atoms with Gasteiger partial charge in [-0.05, 0) is 12.5 Å². The first-order valence-corrected chi connectivity index (χ1v) is 6.11. The van der Waals surface area contributed by atoms with Crippen LogP contribution in [0.4, 0.5) is 0 Å². The van der Waals surface area contributed by atoms with E-state index in [9.17, 15) is 9.00 Å². The van der Waals surface area contributed by atoms with E-state index < -0.39 is 16.8 Å². The first-order chi connectivity index (χ1) is 7.06. The molecule has 0 aliphatic heterocycles. The van der Waals surface area contributed by atoms with Crippen LogP contribution in [0, 0.1) is 0 Å². The summed E-state index contributed by atoms with van der Waals surface area (Å²) in [5.41, 5.74) is 0.501. The molecule has 1 rings (SSSR count). The molecule has 0 aromatic carbocycles. The average Bonchev–Trinajstić information content (AvgIpc) is 2.64. The number of furan rings is 1. The van der Waals surface area contributed by atoms with Gasteiger partial charge in [0.25, 0.3) is 0 Å². The van der Waals surface area contributed by atoms with E-state index in [1.54, 1.807) is 6.07 Å². The smallest absolute Gasteiger partial charge is 0.372 e. The number of carboxylic acid groups (broad SMARTS) is 1. The Labute approximate surface area is 90.7 Å². The van der Waals surface area contributed by atoms with Gasteiger partial charge >= 0.3 is 5.97 Å². The van der Waals surface area contributed by atoms with Crippen LogP contribution in [0.5, 0.6) is 0 Å². The molecule has 4 nitrogen and oxygen atoms in total. The number of aromatic carboxylic acids is 1. The standard InChI is InChI=1S/C10H14O4S/c1-3-7(2)15(13)6-8-4-5-14-9(8)10(11)12/h4-5,7H,3,6H2,1-2H3,(H,11,12). The van der Waals surface area contributed by atoms with E-state index in [0.717, 1.165) is 6.42 Å². The second kappa shape index (κ2) is 5.11. The number of hydrogen-bond acceptors (Lipinski definition) is 3. The molecule has 0 amide bonds. The van der Waals surface area contributed by atoms with E-state index in [1.807, 2.05) is 13.8 Å². The van der Waals surface area contributed by atoms with Crippen molar-refractivity contribution in [1.29, 1.82) is 0 Å². The summed E-state index contributed by atoms with van der Waals surface area (Å²) in [5, 5.41) is 8.84. The molecule has 0 saturated carbocycles. The van der Waals surface area contributed by atoms with Crippen molar-refractivity contribution in [3.63, 3.8) is 0 Å². The van der Waals surface area contributed by atoms with Gasteiger partial charge in [0.05, 0.1) is 12.0 Å². The summed E-state index contributed by atoms with van der Waals surface area (Å²) in [7, 11) is -1.04. The van der Waals surface area contributed by atoms with Gasteiger partial charge < -0.3 is 9.52 Å². The third-order valence-electron chi connectivity index (χ3n) is 2.26. The van der Waals surface area contributed by atoms with Crippen molar-refractivity contribution >= 4 is 16.8 Å². The van der Waals surface area contributed by atoms with Crippen molar-refractivity contribution < 1.29 is 18.5 Å². The van der Waals surface area contributed by atoms with Gasteiger partial charge in [0, 0.05) is 21.6 Å².